The molecule has 0 aliphatic carbocycles. The van der Waals surface area contributed by atoms with Crippen molar-refractivity contribution in [1.29, 1.82) is 0 Å². The van der Waals surface area contributed by atoms with Crippen molar-refractivity contribution in [3.05, 3.63) is 34.9 Å². The molecule has 86 valence electrons. The molecule has 3 nitrogen and oxygen atoms in total. The maximum absolute atomic E-state index is 11.6. The van der Waals surface area contributed by atoms with Crippen molar-refractivity contribution in [3.8, 4) is 0 Å². The van der Waals surface area contributed by atoms with Crippen LogP contribution in [-0.2, 0) is 9.53 Å². The molecule has 1 aromatic rings. The average Bonchev–Trinajstić information content (AvgIpc) is 2.77. The minimum absolute atomic E-state index is 0.108. The van der Waals surface area contributed by atoms with Crippen molar-refractivity contribution in [3.63, 3.8) is 0 Å². The minimum atomic E-state index is -0.157. The Morgan fingerprint density at radius 2 is 2.31 bits per heavy atom. The van der Waals surface area contributed by atoms with Crippen LogP contribution in [0.15, 0.2) is 24.3 Å². The highest BCUT2D eigenvalue weighted by Gasteiger charge is 2.34. The van der Waals surface area contributed by atoms with Gasteiger partial charge < -0.3 is 10.1 Å². The van der Waals surface area contributed by atoms with Gasteiger partial charge in [0.15, 0.2) is 0 Å². The Morgan fingerprint density at radius 1 is 1.50 bits per heavy atom. The summed E-state index contributed by atoms with van der Waals surface area (Å²) >= 11 is 5.95. The molecule has 16 heavy (non-hydrogen) atoms. The van der Waals surface area contributed by atoms with Crippen molar-refractivity contribution in [2.45, 2.75) is 5.92 Å². The number of rotatable bonds is 2. The van der Waals surface area contributed by atoms with Crippen molar-refractivity contribution in [1.82, 2.24) is 5.32 Å². The van der Waals surface area contributed by atoms with Gasteiger partial charge >= 0.3 is 5.97 Å². The van der Waals surface area contributed by atoms with Crippen molar-refractivity contribution in [2.75, 3.05) is 20.2 Å². The Balaban J connectivity index is 2.23. The highest BCUT2D eigenvalue weighted by molar-refractivity contribution is 6.30. The number of hydrogen-bond donors (Lipinski definition) is 1. The highest BCUT2D eigenvalue weighted by Crippen LogP contribution is 2.30. The molecule has 0 radical (unpaired) electrons. The second kappa shape index (κ2) is 4.85. The Kier molecular flexibility index (Phi) is 3.46. The third-order valence-corrected chi connectivity index (χ3v) is 3.23. The predicted octanol–water partition coefficient (Wildman–Crippen LogP) is 1.82. The van der Waals surface area contributed by atoms with Crippen LogP contribution in [0.25, 0.3) is 0 Å². The number of halogens is 1. The smallest absolute Gasteiger partial charge is 0.310 e. The Labute approximate surface area is 99.7 Å². The first kappa shape index (κ1) is 11.4. The number of nitrogens with one attached hydrogen (secondary N) is 1. The highest BCUT2D eigenvalue weighted by atomic mass is 35.5. The number of carbonyl (C=O) groups excluding carboxylic acids is 1. The van der Waals surface area contributed by atoms with Crippen LogP contribution in [0.5, 0.6) is 0 Å². The van der Waals surface area contributed by atoms with Crippen molar-refractivity contribution < 1.29 is 9.53 Å². The normalized spacial score (nSPS) is 24.4. The van der Waals surface area contributed by atoms with E-state index >= 15 is 0 Å². The van der Waals surface area contributed by atoms with Gasteiger partial charge in [0, 0.05) is 24.0 Å². The summed E-state index contributed by atoms with van der Waals surface area (Å²) in [6, 6.07) is 7.65. The number of carbonyl (C=O) groups is 1. The molecule has 1 N–H and O–H groups in total. The van der Waals surface area contributed by atoms with E-state index in [1.165, 1.54) is 7.11 Å². The molecule has 0 saturated carbocycles. The predicted molar refractivity (Wildman–Crippen MR) is 62.6 cm³/mol. The summed E-state index contributed by atoms with van der Waals surface area (Å²) in [4.78, 5) is 11.6. The van der Waals surface area contributed by atoms with Crippen molar-refractivity contribution >= 4 is 17.6 Å². The van der Waals surface area contributed by atoms with Crippen LogP contribution < -0.4 is 5.32 Å². The standard InChI is InChI=1S/C12H14ClNO2/c1-16-12(15)11-7-14-6-10(11)8-3-2-4-9(13)5-8/h2-5,10-11,14H,6-7H2,1H3. The van der Waals surface area contributed by atoms with E-state index < -0.39 is 0 Å². The van der Waals surface area contributed by atoms with Crippen molar-refractivity contribution in [2.24, 2.45) is 5.92 Å². The zero-order chi connectivity index (χ0) is 11.5. The van der Waals surface area contributed by atoms with E-state index in [1.54, 1.807) is 0 Å². The molecule has 1 aliphatic rings. The van der Waals surface area contributed by atoms with E-state index in [2.05, 4.69) is 5.32 Å². The second-order valence-electron chi connectivity index (χ2n) is 3.95. The molecule has 2 unspecified atom stereocenters. The number of hydrogen-bond acceptors (Lipinski definition) is 3. The first-order chi connectivity index (χ1) is 7.72. The lowest BCUT2D eigenvalue weighted by molar-refractivity contribution is -0.145. The van der Waals surface area contributed by atoms with Gasteiger partial charge in [-0.1, -0.05) is 23.7 Å². The van der Waals surface area contributed by atoms with Gasteiger partial charge in [-0.15, -0.1) is 0 Å². The fraction of sp³-hybridized carbons (Fsp3) is 0.417. The summed E-state index contributed by atoms with van der Waals surface area (Å²) in [7, 11) is 1.43. The molecule has 1 aliphatic heterocycles. The van der Waals surface area contributed by atoms with E-state index in [4.69, 9.17) is 16.3 Å². The largest absolute Gasteiger partial charge is 0.469 e. The lowest BCUT2D eigenvalue weighted by atomic mass is 9.89. The van der Waals surface area contributed by atoms with Crippen LogP contribution in [-0.4, -0.2) is 26.2 Å². The van der Waals surface area contributed by atoms with E-state index in [-0.39, 0.29) is 17.8 Å². The molecule has 2 atom stereocenters. The van der Waals surface area contributed by atoms with Crippen LogP contribution in [0.3, 0.4) is 0 Å². The molecule has 1 saturated heterocycles. The summed E-state index contributed by atoms with van der Waals surface area (Å²) in [5.74, 6) is -0.107. The Hall–Kier alpha value is -1.06. The minimum Gasteiger partial charge on any atom is -0.469 e. The molecule has 0 spiro atoms. The molecule has 0 aromatic heterocycles. The molecule has 0 amide bonds. The average molecular weight is 240 g/mol. The van der Waals surface area contributed by atoms with Crippen LogP contribution in [0, 0.1) is 5.92 Å². The summed E-state index contributed by atoms with van der Waals surface area (Å²) in [5, 5.41) is 3.91. The van der Waals surface area contributed by atoms with E-state index in [0.717, 1.165) is 12.1 Å². The lowest BCUT2D eigenvalue weighted by Crippen LogP contribution is -2.22. The molecule has 1 fully saturated rings. The maximum Gasteiger partial charge on any atom is 0.310 e. The van der Waals surface area contributed by atoms with Gasteiger partial charge in [0.05, 0.1) is 13.0 Å². The summed E-state index contributed by atoms with van der Waals surface area (Å²) in [6.45, 7) is 1.46. The van der Waals surface area contributed by atoms with Crippen LogP contribution >= 0.6 is 11.6 Å². The third kappa shape index (κ3) is 2.20. The molecular weight excluding hydrogens is 226 g/mol. The second-order valence-corrected chi connectivity index (χ2v) is 4.39. The maximum atomic E-state index is 11.6. The number of ether oxygens (including phenoxy) is 1. The van der Waals surface area contributed by atoms with E-state index in [1.807, 2.05) is 24.3 Å². The fourth-order valence-corrected chi connectivity index (χ4v) is 2.36. The van der Waals surface area contributed by atoms with Crippen LogP contribution in [0.2, 0.25) is 5.02 Å². The molecule has 2 rings (SSSR count). The van der Waals surface area contributed by atoms with Gasteiger partial charge in [-0.25, -0.2) is 0 Å². The van der Waals surface area contributed by atoms with Crippen LogP contribution in [0.4, 0.5) is 0 Å². The van der Waals surface area contributed by atoms with Crippen LogP contribution in [0.1, 0.15) is 11.5 Å². The van der Waals surface area contributed by atoms with Gasteiger partial charge in [-0.2, -0.15) is 0 Å². The SMILES string of the molecule is COC(=O)C1CNCC1c1cccc(Cl)c1. The van der Waals surface area contributed by atoms with Gasteiger partial charge in [0.2, 0.25) is 0 Å². The Morgan fingerprint density at radius 3 is 3.00 bits per heavy atom. The van der Waals surface area contributed by atoms with Gasteiger partial charge in [-0.05, 0) is 17.7 Å². The lowest BCUT2D eigenvalue weighted by Gasteiger charge is -2.16. The van der Waals surface area contributed by atoms with E-state index in [0.29, 0.717) is 11.6 Å². The first-order valence-corrected chi connectivity index (χ1v) is 5.64. The molecule has 4 heteroatoms. The van der Waals surface area contributed by atoms with Gasteiger partial charge in [0.25, 0.3) is 0 Å². The summed E-state index contributed by atoms with van der Waals surface area (Å²) in [5.41, 5.74) is 1.09. The monoisotopic (exact) mass is 239 g/mol. The first-order valence-electron chi connectivity index (χ1n) is 5.26. The number of methoxy groups -OCH3 is 1. The molecule has 1 aromatic carbocycles. The Bertz CT molecular complexity index is 394. The van der Waals surface area contributed by atoms with Gasteiger partial charge in [-0.3, -0.25) is 4.79 Å². The molecule has 0 bridgehead atoms. The van der Waals surface area contributed by atoms with Gasteiger partial charge in [0.1, 0.15) is 0 Å². The third-order valence-electron chi connectivity index (χ3n) is 2.99. The number of esters is 1. The fourth-order valence-electron chi connectivity index (χ4n) is 2.17. The zero-order valence-electron chi connectivity index (χ0n) is 9.07. The molecule has 1 heterocycles. The topological polar surface area (TPSA) is 38.3 Å². The summed E-state index contributed by atoms with van der Waals surface area (Å²) in [6.07, 6.45) is 0. The molecular formula is C12H14ClNO2. The summed E-state index contributed by atoms with van der Waals surface area (Å²) < 4.78 is 4.80. The zero-order valence-corrected chi connectivity index (χ0v) is 9.83. The quantitative estimate of drug-likeness (QED) is 0.800. The van der Waals surface area contributed by atoms with E-state index in [9.17, 15) is 4.79 Å². The number of benzene rings is 1.